The van der Waals surface area contributed by atoms with Crippen molar-refractivity contribution in [1.82, 2.24) is 10.2 Å². The highest BCUT2D eigenvalue weighted by Gasteiger charge is 2.21. The summed E-state index contributed by atoms with van der Waals surface area (Å²) in [6.45, 7) is 2.27. The third-order valence-corrected chi connectivity index (χ3v) is 4.36. The average molecular weight is 320 g/mol. The summed E-state index contributed by atoms with van der Waals surface area (Å²) < 4.78 is 0. The highest BCUT2D eigenvalue weighted by Crippen LogP contribution is 2.29. The Morgan fingerprint density at radius 1 is 1.32 bits per heavy atom. The van der Waals surface area contributed by atoms with Gasteiger partial charge in [-0.15, -0.1) is 0 Å². The van der Waals surface area contributed by atoms with Gasteiger partial charge in [-0.1, -0.05) is 34.1 Å². The molecule has 1 saturated heterocycles. The van der Waals surface area contributed by atoms with Crippen LogP contribution in [0.2, 0.25) is 0 Å². The average Bonchev–Trinajstić information content (AvgIpc) is 2.47. The van der Waals surface area contributed by atoms with Crippen molar-refractivity contribution in [1.29, 1.82) is 0 Å². The number of halogens is 1. The van der Waals surface area contributed by atoms with Gasteiger partial charge in [-0.05, 0) is 31.2 Å². The van der Waals surface area contributed by atoms with Crippen LogP contribution in [0.4, 0.5) is 5.69 Å². The molecule has 100 valence electrons. The first-order valence-corrected chi connectivity index (χ1v) is 8.02. The second-order valence-electron chi connectivity index (χ2n) is 5.18. The molecule has 0 radical (unpaired) electrons. The number of anilines is 1. The van der Waals surface area contributed by atoms with E-state index in [1.807, 2.05) is 18.3 Å². The molecule has 0 aliphatic carbocycles. The molecule has 3 nitrogen and oxygen atoms in total. The quantitative estimate of drug-likeness (QED) is 0.809. The first-order valence-electron chi connectivity index (χ1n) is 6.90. The molecule has 2 heterocycles. The Bertz CT molecular complexity index is 551. The summed E-state index contributed by atoms with van der Waals surface area (Å²) in [5, 5.41) is 10.7. The predicted octanol–water partition coefficient (Wildman–Crippen LogP) is 3.63. The SMILES string of the molecule is BrCCC1CCCN(c2cnnc3ccccc23)C1. The number of alkyl halides is 1. The van der Waals surface area contributed by atoms with E-state index in [4.69, 9.17) is 0 Å². The summed E-state index contributed by atoms with van der Waals surface area (Å²) in [6, 6.07) is 8.28. The number of fused-ring (bicyclic) bond motifs is 1. The van der Waals surface area contributed by atoms with Crippen LogP contribution in [-0.2, 0) is 0 Å². The third-order valence-electron chi connectivity index (χ3n) is 3.90. The fourth-order valence-electron chi connectivity index (χ4n) is 2.92. The van der Waals surface area contributed by atoms with Gasteiger partial charge in [0.15, 0.2) is 0 Å². The summed E-state index contributed by atoms with van der Waals surface area (Å²) in [4.78, 5) is 2.48. The zero-order chi connectivity index (χ0) is 13.1. The van der Waals surface area contributed by atoms with E-state index in [-0.39, 0.29) is 0 Å². The molecule has 1 fully saturated rings. The Hall–Kier alpha value is -1.16. The number of hydrogen-bond donors (Lipinski definition) is 0. The van der Waals surface area contributed by atoms with Crippen LogP contribution < -0.4 is 4.90 Å². The number of piperidine rings is 1. The van der Waals surface area contributed by atoms with Crippen molar-refractivity contribution >= 4 is 32.5 Å². The van der Waals surface area contributed by atoms with Crippen LogP contribution in [0, 0.1) is 5.92 Å². The van der Waals surface area contributed by atoms with Gasteiger partial charge in [-0.3, -0.25) is 0 Å². The highest BCUT2D eigenvalue weighted by atomic mass is 79.9. The normalized spacial score (nSPS) is 19.8. The van der Waals surface area contributed by atoms with Gasteiger partial charge in [-0.2, -0.15) is 10.2 Å². The van der Waals surface area contributed by atoms with Gasteiger partial charge < -0.3 is 4.90 Å². The van der Waals surface area contributed by atoms with E-state index >= 15 is 0 Å². The molecular formula is C15H18BrN3. The molecule has 1 aliphatic rings. The minimum Gasteiger partial charge on any atom is -0.369 e. The zero-order valence-electron chi connectivity index (χ0n) is 10.9. The first-order chi connectivity index (χ1) is 9.38. The minimum absolute atomic E-state index is 0.792. The van der Waals surface area contributed by atoms with Gasteiger partial charge in [0.1, 0.15) is 0 Å². The van der Waals surface area contributed by atoms with E-state index < -0.39 is 0 Å². The topological polar surface area (TPSA) is 29.0 Å². The molecule has 4 heteroatoms. The highest BCUT2D eigenvalue weighted by molar-refractivity contribution is 9.09. The summed E-state index contributed by atoms with van der Waals surface area (Å²) in [7, 11) is 0. The molecule has 1 unspecified atom stereocenters. The van der Waals surface area contributed by atoms with Gasteiger partial charge in [0, 0.05) is 23.8 Å². The molecule has 0 spiro atoms. The number of hydrogen-bond acceptors (Lipinski definition) is 3. The number of aromatic nitrogens is 2. The van der Waals surface area contributed by atoms with E-state index in [0.717, 1.165) is 29.9 Å². The summed E-state index contributed by atoms with van der Waals surface area (Å²) in [5.74, 6) is 0.792. The maximum atomic E-state index is 4.21. The summed E-state index contributed by atoms with van der Waals surface area (Å²) in [6.07, 6.45) is 5.79. The van der Waals surface area contributed by atoms with Crippen molar-refractivity contribution in [2.45, 2.75) is 19.3 Å². The van der Waals surface area contributed by atoms with Crippen molar-refractivity contribution in [3.8, 4) is 0 Å². The lowest BCUT2D eigenvalue weighted by molar-refractivity contribution is 0.408. The molecule has 1 aromatic heterocycles. The smallest absolute Gasteiger partial charge is 0.0950 e. The lowest BCUT2D eigenvalue weighted by atomic mass is 9.95. The maximum absolute atomic E-state index is 4.21. The van der Waals surface area contributed by atoms with Crippen molar-refractivity contribution in [3.05, 3.63) is 30.5 Å². The van der Waals surface area contributed by atoms with Gasteiger partial charge in [-0.25, -0.2) is 0 Å². The third kappa shape index (κ3) is 2.73. The van der Waals surface area contributed by atoms with Gasteiger partial charge in [0.25, 0.3) is 0 Å². The van der Waals surface area contributed by atoms with Crippen LogP contribution in [0.1, 0.15) is 19.3 Å². The van der Waals surface area contributed by atoms with Gasteiger partial charge >= 0.3 is 0 Å². The van der Waals surface area contributed by atoms with E-state index in [1.54, 1.807) is 0 Å². The largest absolute Gasteiger partial charge is 0.369 e. The standard InChI is InChI=1S/C15H18BrN3/c16-8-7-12-4-3-9-19(11-12)15-10-17-18-14-6-2-1-5-13(14)15/h1-2,5-6,10,12H,3-4,7-9,11H2. The van der Waals surface area contributed by atoms with Crippen LogP contribution in [-0.4, -0.2) is 28.6 Å². The zero-order valence-corrected chi connectivity index (χ0v) is 12.5. The number of nitrogens with zero attached hydrogens (tertiary/aromatic N) is 3. The van der Waals surface area contributed by atoms with Crippen LogP contribution in [0.5, 0.6) is 0 Å². The Morgan fingerprint density at radius 3 is 3.11 bits per heavy atom. The van der Waals surface area contributed by atoms with E-state index in [1.165, 1.54) is 30.3 Å². The van der Waals surface area contributed by atoms with E-state index in [2.05, 4.69) is 43.2 Å². The first kappa shape index (κ1) is 12.9. The molecule has 0 saturated carbocycles. The predicted molar refractivity (Wildman–Crippen MR) is 82.9 cm³/mol. The van der Waals surface area contributed by atoms with Crippen LogP contribution in [0.15, 0.2) is 30.5 Å². The molecule has 1 atom stereocenters. The Morgan fingerprint density at radius 2 is 2.21 bits per heavy atom. The Balaban J connectivity index is 1.91. The molecule has 1 aromatic carbocycles. The van der Waals surface area contributed by atoms with Crippen molar-refractivity contribution in [3.63, 3.8) is 0 Å². The van der Waals surface area contributed by atoms with Crippen LogP contribution >= 0.6 is 15.9 Å². The molecule has 0 bridgehead atoms. The molecule has 1 aliphatic heterocycles. The summed E-state index contributed by atoms with van der Waals surface area (Å²) in [5.41, 5.74) is 2.23. The fraction of sp³-hybridized carbons (Fsp3) is 0.467. The number of benzene rings is 1. The molecule has 0 N–H and O–H groups in total. The molecule has 3 rings (SSSR count). The van der Waals surface area contributed by atoms with Crippen molar-refractivity contribution in [2.75, 3.05) is 23.3 Å². The van der Waals surface area contributed by atoms with E-state index in [9.17, 15) is 0 Å². The minimum atomic E-state index is 0.792. The Kier molecular flexibility index (Phi) is 3.97. The van der Waals surface area contributed by atoms with Crippen molar-refractivity contribution < 1.29 is 0 Å². The monoisotopic (exact) mass is 319 g/mol. The van der Waals surface area contributed by atoms with Crippen molar-refractivity contribution in [2.24, 2.45) is 5.92 Å². The molecule has 19 heavy (non-hydrogen) atoms. The molecule has 0 amide bonds. The lowest BCUT2D eigenvalue weighted by Crippen LogP contribution is -2.35. The Labute approximate surface area is 122 Å². The molecule has 2 aromatic rings. The number of rotatable bonds is 3. The lowest BCUT2D eigenvalue weighted by Gasteiger charge is -2.34. The van der Waals surface area contributed by atoms with Gasteiger partial charge in [0.05, 0.1) is 17.4 Å². The maximum Gasteiger partial charge on any atom is 0.0950 e. The van der Waals surface area contributed by atoms with Gasteiger partial charge in [0.2, 0.25) is 0 Å². The fourth-order valence-corrected chi connectivity index (χ4v) is 3.57. The van der Waals surface area contributed by atoms with Crippen LogP contribution in [0.25, 0.3) is 10.9 Å². The molecular weight excluding hydrogens is 302 g/mol. The second kappa shape index (κ2) is 5.87. The summed E-state index contributed by atoms with van der Waals surface area (Å²) >= 11 is 3.56. The van der Waals surface area contributed by atoms with Crippen LogP contribution in [0.3, 0.4) is 0 Å². The second-order valence-corrected chi connectivity index (χ2v) is 5.97. The van der Waals surface area contributed by atoms with E-state index in [0.29, 0.717) is 0 Å².